The van der Waals surface area contributed by atoms with E-state index in [1.54, 1.807) is 0 Å². The van der Waals surface area contributed by atoms with Crippen LogP contribution in [0.5, 0.6) is 0 Å². The Morgan fingerprint density at radius 2 is 1.89 bits per heavy atom. The van der Waals surface area contributed by atoms with Crippen LogP contribution in [0.25, 0.3) is 0 Å². The molecule has 0 aliphatic heterocycles. The average molecular weight is 350 g/mol. The van der Waals surface area contributed by atoms with Gasteiger partial charge >= 0.3 is 0 Å². The monoisotopic (exact) mass is 350 g/mol. The molecule has 2 aromatic carbocycles. The van der Waals surface area contributed by atoms with Crippen molar-refractivity contribution in [2.45, 2.75) is 18.4 Å². The molecule has 18 heavy (non-hydrogen) atoms. The molecule has 2 atom stereocenters. The van der Waals surface area contributed by atoms with E-state index in [1.807, 2.05) is 6.07 Å². The summed E-state index contributed by atoms with van der Waals surface area (Å²) in [5, 5.41) is 3.53. The molecule has 3 rings (SSSR count). The van der Waals surface area contributed by atoms with E-state index < -0.39 is 0 Å². The molecule has 2 unspecified atom stereocenters. The Morgan fingerprint density at radius 1 is 1.11 bits per heavy atom. The molecule has 0 aromatic heterocycles. The van der Waals surface area contributed by atoms with Crippen LogP contribution in [0.15, 0.2) is 48.5 Å². The maximum atomic E-state index is 6.01. The Kier molecular flexibility index (Phi) is 3.16. The lowest BCUT2D eigenvalue weighted by atomic mass is 10.1. The maximum Gasteiger partial charge on any atom is 0.0577 e. The second kappa shape index (κ2) is 4.80. The quantitative estimate of drug-likeness (QED) is 0.652. The maximum absolute atomic E-state index is 6.01. The Hall–Kier alpha value is -1.23. The molecule has 1 saturated carbocycles. The van der Waals surface area contributed by atoms with Crippen molar-refractivity contribution in [2.75, 3.05) is 11.1 Å². The number of rotatable bonds is 3. The number of halogens is 1. The van der Waals surface area contributed by atoms with Crippen molar-refractivity contribution in [3.05, 3.63) is 57.7 Å². The summed E-state index contributed by atoms with van der Waals surface area (Å²) < 4.78 is 1.17. The molecule has 0 bridgehead atoms. The first-order chi connectivity index (χ1) is 8.74. The molecule has 1 fully saturated rings. The lowest BCUT2D eigenvalue weighted by molar-refractivity contribution is 1.05. The summed E-state index contributed by atoms with van der Waals surface area (Å²) in [5.41, 5.74) is 9.32. The molecule has 1 aliphatic rings. The number of nitrogen functional groups attached to an aromatic ring is 1. The van der Waals surface area contributed by atoms with Crippen LogP contribution in [-0.2, 0) is 0 Å². The van der Waals surface area contributed by atoms with Crippen LogP contribution >= 0.6 is 22.6 Å². The molecule has 3 N–H and O–H groups in total. The fourth-order valence-electron chi connectivity index (χ4n) is 2.29. The van der Waals surface area contributed by atoms with Gasteiger partial charge in [0.2, 0.25) is 0 Å². The minimum atomic E-state index is 0.523. The van der Waals surface area contributed by atoms with E-state index in [-0.39, 0.29) is 0 Å². The van der Waals surface area contributed by atoms with Gasteiger partial charge in [0.05, 0.1) is 11.4 Å². The molecule has 2 aromatic rings. The van der Waals surface area contributed by atoms with Crippen LogP contribution in [0.3, 0.4) is 0 Å². The van der Waals surface area contributed by atoms with Crippen molar-refractivity contribution in [2.24, 2.45) is 0 Å². The molecule has 0 amide bonds. The molecule has 92 valence electrons. The highest BCUT2D eigenvalue weighted by Crippen LogP contribution is 2.43. The molecule has 1 aliphatic carbocycles. The van der Waals surface area contributed by atoms with Gasteiger partial charge in [0.15, 0.2) is 0 Å². The fraction of sp³-hybridized carbons (Fsp3) is 0.200. The lowest BCUT2D eigenvalue weighted by Crippen LogP contribution is -2.06. The number of nitrogens with two attached hydrogens (primary N) is 1. The topological polar surface area (TPSA) is 38.0 Å². The number of nitrogens with one attached hydrogen (secondary N) is 1. The third-order valence-corrected chi connectivity index (χ3v) is 4.04. The van der Waals surface area contributed by atoms with E-state index in [0.717, 1.165) is 11.4 Å². The van der Waals surface area contributed by atoms with E-state index >= 15 is 0 Å². The van der Waals surface area contributed by atoms with Crippen LogP contribution in [0.2, 0.25) is 0 Å². The van der Waals surface area contributed by atoms with Gasteiger partial charge in [0, 0.05) is 15.5 Å². The zero-order chi connectivity index (χ0) is 12.5. The Bertz CT molecular complexity index is 554. The van der Waals surface area contributed by atoms with Crippen molar-refractivity contribution >= 4 is 34.0 Å². The first kappa shape index (κ1) is 11.8. The van der Waals surface area contributed by atoms with Crippen LogP contribution in [0.4, 0.5) is 11.4 Å². The summed E-state index contributed by atoms with van der Waals surface area (Å²) in [6, 6.07) is 17.3. The number of hydrogen-bond donors (Lipinski definition) is 2. The fourth-order valence-corrected chi connectivity index (χ4v) is 2.80. The van der Waals surface area contributed by atoms with E-state index in [4.69, 9.17) is 5.73 Å². The largest absolute Gasteiger partial charge is 0.397 e. The van der Waals surface area contributed by atoms with Crippen LogP contribution in [0.1, 0.15) is 17.9 Å². The van der Waals surface area contributed by atoms with Crippen molar-refractivity contribution in [3.8, 4) is 0 Å². The van der Waals surface area contributed by atoms with Crippen molar-refractivity contribution in [1.29, 1.82) is 0 Å². The third-order valence-electron chi connectivity index (χ3n) is 3.37. The predicted octanol–water partition coefficient (Wildman–Crippen LogP) is 3.84. The molecule has 0 radical (unpaired) electrons. The van der Waals surface area contributed by atoms with Gasteiger partial charge in [-0.25, -0.2) is 0 Å². The van der Waals surface area contributed by atoms with Gasteiger partial charge in [-0.2, -0.15) is 0 Å². The Balaban J connectivity index is 1.69. The van der Waals surface area contributed by atoms with Gasteiger partial charge < -0.3 is 11.1 Å². The highest BCUT2D eigenvalue weighted by Gasteiger charge is 2.38. The zero-order valence-corrected chi connectivity index (χ0v) is 12.1. The zero-order valence-electron chi connectivity index (χ0n) is 9.94. The SMILES string of the molecule is Nc1cc(I)ccc1NC1CC1c1ccccc1. The second-order valence-corrected chi connectivity index (χ2v) is 5.98. The van der Waals surface area contributed by atoms with Gasteiger partial charge in [-0.3, -0.25) is 0 Å². The van der Waals surface area contributed by atoms with Crippen LogP contribution < -0.4 is 11.1 Å². The number of benzene rings is 2. The second-order valence-electron chi connectivity index (χ2n) is 4.74. The third kappa shape index (κ3) is 2.46. The molecule has 3 heteroatoms. The first-order valence-corrected chi connectivity index (χ1v) is 7.18. The normalized spacial score (nSPS) is 21.6. The van der Waals surface area contributed by atoms with Crippen LogP contribution in [0, 0.1) is 3.57 Å². The molecular formula is C15H15IN2. The molecule has 2 nitrogen and oxygen atoms in total. The van der Waals surface area contributed by atoms with E-state index in [9.17, 15) is 0 Å². The molecule has 0 saturated heterocycles. The Morgan fingerprint density at radius 3 is 2.61 bits per heavy atom. The van der Waals surface area contributed by atoms with E-state index in [1.165, 1.54) is 15.6 Å². The highest BCUT2D eigenvalue weighted by atomic mass is 127. The van der Waals surface area contributed by atoms with E-state index in [2.05, 4.69) is 70.4 Å². The van der Waals surface area contributed by atoms with Gasteiger partial charge in [-0.05, 0) is 52.8 Å². The minimum Gasteiger partial charge on any atom is -0.397 e. The number of anilines is 2. The minimum absolute atomic E-state index is 0.523. The molecule has 0 spiro atoms. The lowest BCUT2D eigenvalue weighted by Gasteiger charge is -2.09. The van der Waals surface area contributed by atoms with Crippen LogP contribution in [-0.4, -0.2) is 6.04 Å². The highest BCUT2D eigenvalue weighted by molar-refractivity contribution is 14.1. The Labute approximate surface area is 121 Å². The van der Waals surface area contributed by atoms with Crippen molar-refractivity contribution < 1.29 is 0 Å². The molecule has 0 heterocycles. The summed E-state index contributed by atoms with van der Waals surface area (Å²) in [6.07, 6.45) is 1.19. The number of hydrogen-bond acceptors (Lipinski definition) is 2. The predicted molar refractivity (Wildman–Crippen MR) is 84.8 cm³/mol. The summed E-state index contributed by atoms with van der Waals surface area (Å²) in [6.45, 7) is 0. The first-order valence-electron chi connectivity index (χ1n) is 6.10. The van der Waals surface area contributed by atoms with Gasteiger partial charge in [-0.15, -0.1) is 0 Å². The summed E-state index contributed by atoms with van der Waals surface area (Å²) in [4.78, 5) is 0. The summed E-state index contributed by atoms with van der Waals surface area (Å²) in [7, 11) is 0. The van der Waals surface area contributed by atoms with Crippen molar-refractivity contribution in [1.82, 2.24) is 0 Å². The summed E-state index contributed by atoms with van der Waals surface area (Å²) in [5.74, 6) is 0.630. The average Bonchev–Trinajstić information content (AvgIpc) is 3.13. The van der Waals surface area contributed by atoms with Crippen molar-refractivity contribution in [3.63, 3.8) is 0 Å². The van der Waals surface area contributed by atoms with Gasteiger partial charge in [-0.1, -0.05) is 30.3 Å². The summed E-state index contributed by atoms with van der Waals surface area (Å²) >= 11 is 2.28. The van der Waals surface area contributed by atoms with E-state index in [0.29, 0.717) is 12.0 Å². The molecular weight excluding hydrogens is 335 g/mol. The van der Waals surface area contributed by atoms with Gasteiger partial charge in [0.1, 0.15) is 0 Å². The smallest absolute Gasteiger partial charge is 0.0577 e. The standard InChI is InChI=1S/C15H15IN2/c16-11-6-7-14(13(17)8-11)18-15-9-12(15)10-4-2-1-3-5-10/h1-8,12,15,18H,9,17H2. The van der Waals surface area contributed by atoms with Gasteiger partial charge in [0.25, 0.3) is 0 Å².